The molecule has 3 atom stereocenters. The first-order valence-electron chi connectivity index (χ1n) is 8.99. The molecule has 0 radical (unpaired) electrons. The lowest BCUT2D eigenvalue weighted by Gasteiger charge is -2.35. The summed E-state index contributed by atoms with van der Waals surface area (Å²) in [6.07, 6.45) is 1.28. The Kier molecular flexibility index (Phi) is 5.65. The lowest BCUT2D eigenvalue weighted by atomic mass is 9.79. The number of nitro groups is 2. The van der Waals surface area contributed by atoms with Crippen molar-refractivity contribution in [3.63, 3.8) is 0 Å². The summed E-state index contributed by atoms with van der Waals surface area (Å²) in [7, 11) is 0. The van der Waals surface area contributed by atoms with Crippen LogP contribution in [-0.2, 0) is 0 Å². The molecule has 9 heteroatoms. The van der Waals surface area contributed by atoms with Crippen LogP contribution in [0.1, 0.15) is 43.0 Å². The average molecular weight is 385 g/mol. The lowest BCUT2D eigenvalue weighted by Crippen LogP contribution is -2.90. The molecule has 0 bridgehead atoms. The molecule has 1 heterocycles. The van der Waals surface area contributed by atoms with Crippen LogP contribution in [0, 0.1) is 26.1 Å². The highest BCUT2D eigenvalue weighted by atomic mass is 16.6. The van der Waals surface area contributed by atoms with Crippen molar-refractivity contribution >= 4 is 17.1 Å². The fourth-order valence-electron chi connectivity index (χ4n) is 3.87. The standard InChI is InChI=1S/C19H20N4O5/c1-2-16-18(21-24)11-17(12-3-7-14(8-4-12)22(25)26)20-19(16)13-5-9-15(10-6-13)23(27)28/h3-10,16-17,19-20,24H,2,11H2,1H3/p+1/b21-18+/t16-,17+,19-/m1/s1. The van der Waals surface area contributed by atoms with Gasteiger partial charge in [-0.1, -0.05) is 12.1 Å². The lowest BCUT2D eigenvalue weighted by molar-refractivity contribution is -0.742. The Morgan fingerprint density at radius 1 is 1.00 bits per heavy atom. The number of nitrogens with two attached hydrogens (primary N) is 1. The molecule has 1 saturated heterocycles. The number of non-ortho nitro benzene ring substituents is 2. The van der Waals surface area contributed by atoms with Gasteiger partial charge in [0.25, 0.3) is 11.4 Å². The van der Waals surface area contributed by atoms with E-state index in [-0.39, 0.29) is 29.4 Å². The molecule has 0 amide bonds. The number of oxime groups is 1. The van der Waals surface area contributed by atoms with Gasteiger partial charge in [-0.3, -0.25) is 20.2 Å². The van der Waals surface area contributed by atoms with Crippen molar-refractivity contribution in [2.24, 2.45) is 11.1 Å². The van der Waals surface area contributed by atoms with Gasteiger partial charge < -0.3 is 10.5 Å². The van der Waals surface area contributed by atoms with Gasteiger partial charge in [0.15, 0.2) is 0 Å². The maximum absolute atomic E-state index is 10.9. The second-order valence-electron chi connectivity index (χ2n) is 6.83. The minimum absolute atomic E-state index is 0.0132. The molecule has 0 saturated carbocycles. The average Bonchev–Trinajstić information content (AvgIpc) is 2.72. The van der Waals surface area contributed by atoms with Crippen LogP contribution in [0.2, 0.25) is 0 Å². The topological polar surface area (TPSA) is 135 Å². The van der Waals surface area contributed by atoms with Crippen molar-refractivity contribution in [2.75, 3.05) is 0 Å². The molecule has 1 aliphatic rings. The predicted molar refractivity (Wildman–Crippen MR) is 101 cm³/mol. The number of nitrogens with zero attached hydrogens (tertiary/aromatic N) is 3. The Morgan fingerprint density at radius 2 is 1.50 bits per heavy atom. The zero-order valence-corrected chi connectivity index (χ0v) is 15.3. The highest BCUT2D eigenvalue weighted by molar-refractivity contribution is 5.88. The SMILES string of the molecule is CC[C@@H]1/C(=N/O)C[C@@H](c2ccc([N+](=O)[O-])cc2)[NH2+][C@@H]1c1ccc([N+](=O)[O-])cc1. The van der Waals surface area contributed by atoms with Gasteiger partial charge in [0, 0.05) is 41.8 Å². The van der Waals surface area contributed by atoms with Crippen molar-refractivity contribution in [3.05, 3.63) is 79.9 Å². The zero-order chi connectivity index (χ0) is 20.3. The van der Waals surface area contributed by atoms with Crippen LogP contribution in [0.25, 0.3) is 0 Å². The van der Waals surface area contributed by atoms with Crippen molar-refractivity contribution in [1.29, 1.82) is 0 Å². The van der Waals surface area contributed by atoms with Gasteiger partial charge in [0.1, 0.15) is 12.1 Å². The molecule has 3 rings (SSSR count). The van der Waals surface area contributed by atoms with E-state index in [9.17, 15) is 25.4 Å². The van der Waals surface area contributed by atoms with Crippen LogP contribution in [-0.4, -0.2) is 20.8 Å². The van der Waals surface area contributed by atoms with E-state index in [1.54, 1.807) is 24.3 Å². The van der Waals surface area contributed by atoms with Crippen LogP contribution in [0.3, 0.4) is 0 Å². The normalized spacial score (nSPS) is 23.5. The van der Waals surface area contributed by atoms with Crippen LogP contribution in [0.15, 0.2) is 53.7 Å². The summed E-state index contributed by atoms with van der Waals surface area (Å²) in [6.45, 7) is 2.01. The van der Waals surface area contributed by atoms with Gasteiger partial charge in [0.05, 0.1) is 21.5 Å². The summed E-state index contributed by atoms with van der Waals surface area (Å²) in [4.78, 5) is 20.9. The third-order valence-electron chi connectivity index (χ3n) is 5.32. The molecule has 146 valence electrons. The van der Waals surface area contributed by atoms with Gasteiger partial charge in [-0.15, -0.1) is 0 Å². The van der Waals surface area contributed by atoms with Gasteiger partial charge in [0.2, 0.25) is 0 Å². The van der Waals surface area contributed by atoms with E-state index in [1.807, 2.05) is 6.92 Å². The molecule has 0 unspecified atom stereocenters. The molecular weight excluding hydrogens is 364 g/mol. The molecule has 1 fully saturated rings. The summed E-state index contributed by atoms with van der Waals surface area (Å²) in [6, 6.07) is 12.6. The molecule has 28 heavy (non-hydrogen) atoms. The van der Waals surface area contributed by atoms with E-state index in [4.69, 9.17) is 0 Å². The van der Waals surface area contributed by atoms with E-state index in [1.165, 1.54) is 24.3 Å². The fourth-order valence-corrected chi connectivity index (χ4v) is 3.87. The summed E-state index contributed by atoms with van der Waals surface area (Å²) >= 11 is 0. The Labute approximate surface area is 161 Å². The van der Waals surface area contributed by atoms with E-state index in [0.29, 0.717) is 12.1 Å². The smallest absolute Gasteiger partial charge is 0.269 e. The first-order chi connectivity index (χ1) is 13.4. The largest absolute Gasteiger partial charge is 0.411 e. The van der Waals surface area contributed by atoms with E-state index < -0.39 is 9.85 Å². The maximum atomic E-state index is 10.9. The maximum Gasteiger partial charge on any atom is 0.269 e. The van der Waals surface area contributed by atoms with Gasteiger partial charge in [-0.05, 0) is 30.7 Å². The van der Waals surface area contributed by atoms with Gasteiger partial charge in [-0.2, -0.15) is 0 Å². The van der Waals surface area contributed by atoms with Crippen LogP contribution >= 0.6 is 0 Å². The third-order valence-corrected chi connectivity index (χ3v) is 5.32. The van der Waals surface area contributed by atoms with Crippen LogP contribution in [0.4, 0.5) is 11.4 Å². The number of hydrogen-bond donors (Lipinski definition) is 2. The molecule has 2 aromatic rings. The minimum Gasteiger partial charge on any atom is -0.411 e. The minimum atomic E-state index is -0.443. The number of quaternary nitrogens is 1. The Morgan fingerprint density at radius 3 is 1.93 bits per heavy atom. The second kappa shape index (κ2) is 8.13. The quantitative estimate of drug-likeness (QED) is 0.463. The van der Waals surface area contributed by atoms with Crippen molar-refractivity contribution in [2.45, 2.75) is 31.8 Å². The molecule has 2 aromatic carbocycles. The van der Waals surface area contributed by atoms with Gasteiger partial charge >= 0.3 is 0 Å². The molecule has 0 spiro atoms. The number of hydrogen-bond acceptors (Lipinski definition) is 6. The molecule has 0 aliphatic carbocycles. The summed E-state index contributed by atoms with van der Waals surface area (Å²) in [5.41, 5.74) is 2.51. The van der Waals surface area contributed by atoms with E-state index in [2.05, 4.69) is 10.5 Å². The molecule has 1 aliphatic heterocycles. The first-order valence-corrected chi connectivity index (χ1v) is 8.99. The Balaban J connectivity index is 1.93. The Bertz CT molecular complexity index is 896. The van der Waals surface area contributed by atoms with Crippen molar-refractivity contribution in [3.8, 4) is 0 Å². The van der Waals surface area contributed by atoms with Crippen molar-refractivity contribution in [1.82, 2.24) is 0 Å². The Hall–Kier alpha value is -3.33. The third kappa shape index (κ3) is 3.84. The van der Waals surface area contributed by atoms with Crippen molar-refractivity contribution < 1.29 is 20.4 Å². The van der Waals surface area contributed by atoms with E-state index >= 15 is 0 Å². The number of piperidine rings is 1. The number of rotatable bonds is 5. The molecule has 3 N–H and O–H groups in total. The molecular formula is C19H21N4O5+. The summed E-state index contributed by atoms with van der Waals surface area (Å²) < 4.78 is 0. The van der Waals surface area contributed by atoms with Gasteiger partial charge in [-0.25, -0.2) is 0 Å². The van der Waals surface area contributed by atoms with Crippen LogP contribution in [0.5, 0.6) is 0 Å². The predicted octanol–water partition coefficient (Wildman–Crippen LogP) is 3.11. The zero-order valence-electron chi connectivity index (χ0n) is 15.3. The number of benzene rings is 2. The monoisotopic (exact) mass is 385 g/mol. The number of nitro benzene ring substituents is 2. The van der Waals surface area contributed by atoms with E-state index in [0.717, 1.165) is 17.5 Å². The highest BCUT2D eigenvalue weighted by Crippen LogP contribution is 2.32. The van der Waals surface area contributed by atoms with Crippen LogP contribution < -0.4 is 5.32 Å². The first kappa shape index (κ1) is 19.4. The second-order valence-corrected chi connectivity index (χ2v) is 6.83. The summed E-state index contributed by atoms with van der Waals surface area (Å²) in [5.74, 6) is -0.0132. The molecule has 0 aromatic heterocycles. The molecule has 9 nitrogen and oxygen atoms in total. The fraction of sp³-hybridized carbons (Fsp3) is 0.316. The highest BCUT2D eigenvalue weighted by Gasteiger charge is 2.39. The summed E-state index contributed by atoms with van der Waals surface area (Å²) in [5, 5.41) is 37.0.